The maximum atomic E-state index is 3.96. The highest BCUT2D eigenvalue weighted by atomic mass is 127. The molecule has 0 spiro atoms. The van der Waals surface area contributed by atoms with Crippen molar-refractivity contribution in [2.45, 2.75) is 0 Å². The van der Waals surface area contributed by atoms with Gasteiger partial charge in [0.05, 0.1) is 0 Å². The van der Waals surface area contributed by atoms with Crippen LogP contribution < -0.4 is 0 Å². The largest absolute Gasteiger partial charge is 0.144 e. The first-order chi connectivity index (χ1) is 5.27. The van der Waals surface area contributed by atoms with Crippen LogP contribution >= 0.6 is 33.9 Å². The van der Waals surface area contributed by atoms with Gasteiger partial charge in [-0.05, 0) is 64.0 Å². The molecule has 1 heterocycles. The van der Waals surface area contributed by atoms with E-state index in [1.54, 1.807) is 11.3 Å². The molecule has 0 saturated heterocycles. The van der Waals surface area contributed by atoms with Crippen molar-refractivity contribution in [3.8, 4) is 0 Å². The maximum Gasteiger partial charge on any atom is 0.0346 e. The van der Waals surface area contributed by atoms with Gasteiger partial charge in [-0.1, -0.05) is 0 Å². The number of benzene rings is 1. The molecule has 0 aliphatic carbocycles. The lowest BCUT2D eigenvalue weighted by molar-refractivity contribution is 1.73. The molecular weight excluding hydrogens is 267 g/mol. The van der Waals surface area contributed by atoms with Crippen molar-refractivity contribution in [1.82, 2.24) is 0 Å². The van der Waals surface area contributed by atoms with Crippen LogP contribution in [0.25, 0.3) is 10.1 Å². The van der Waals surface area contributed by atoms with Gasteiger partial charge in [0.1, 0.15) is 0 Å². The summed E-state index contributed by atoms with van der Waals surface area (Å²) >= 11 is 4.08. The second-order valence-electron chi connectivity index (χ2n) is 2.40. The molecule has 0 aliphatic heterocycles. The molecule has 1 aromatic carbocycles. The first-order valence-corrected chi connectivity index (χ1v) is 5.22. The minimum atomic E-state index is 1.14. The summed E-state index contributed by atoms with van der Waals surface area (Å²) in [6.45, 7) is 3.96. The van der Waals surface area contributed by atoms with E-state index < -0.39 is 0 Å². The van der Waals surface area contributed by atoms with Crippen LogP contribution in [0, 0.1) is 10.5 Å². The van der Waals surface area contributed by atoms with E-state index in [9.17, 15) is 0 Å². The quantitative estimate of drug-likeness (QED) is 0.642. The van der Waals surface area contributed by atoms with Gasteiger partial charge in [0.25, 0.3) is 0 Å². The SMILES string of the molecule is [CH2]c1csc2ccc(I)cc12. The summed E-state index contributed by atoms with van der Waals surface area (Å²) in [5.74, 6) is 0. The summed E-state index contributed by atoms with van der Waals surface area (Å²) in [7, 11) is 0. The Bertz CT molecular complexity index is 389. The van der Waals surface area contributed by atoms with Gasteiger partial charge in [0.2, 0.25) is 0 Å². The minimum absolute atomic E-state index is 1.14. The average Bonchev–Trinajstić information content (AvgIpc) is 2.33. The van der Waals surface area contributed by atoms with Crippen LogP contribution in [0.5, 0.6) is 0 Å². The molecule has 2 heteroatoms. The van der Waals surface area contributed by atoms with E-state index in [1.165, 1.54) is 13.7 Å². The van der Waals surface area contributed by atoms with Gasteiger partial charge in [-0.3, -0.25) is 0 Å². The summed E-state index contributed by atoms with van der Waals surface area (Å²) < 4.78 is 2.61. The molecule has 0 bridgehead atoms. The van der Waals surface area contributed by atoms with Crippen molar-refractivity contribution in [2.75, 3.05) is 0 Å². The normalized spacial score (nSPS) is 10.7. The lowest BCUT2D eigenvalue weighted by atomic mass is 10.2. The molecule has 0 atom stereocenters. The summed E-state index contributed by atoms with van der Waals surface area (Å²) in [6, 6.07) is 6.45. The van der Waals surface area contributed by atoms with Crippen LogP contribution in [0.3, 0.4) is 0 Å². The number of hydrogen-bond acceptors (Lipinski definition) is 1. The summed E-state index contributed by atoms with van der Waals surface area (Å²) in [5.41, 5.74) is 1.14. The van der Waals surface area contributed by atoms with Crippen molar-refractivity contribution in [3.05, 3.63) is 39.6 Å². The number of fused-ring (bicyclic) bond motifs is 1. The van der Waals surface area contributed by atoms with E-state index in [4.69, 9.17) is 0 Å². The Hall–Kier alpha value is -0.0900. The molecule has 2 aromatic rings. The lowest BCUT2D eigenvalue weighted by Gasteiger charge is -1.91. The van der Waals surface area contributed by atoms with Gasteiger partial charge in [0.15, 0.2) is 0 Å². The Morgan fingerprint density at radius 3 is 3.00 bits per heavy atom. The van der Waals surface area contributed by atoms with Crippen LogP contribution in [0.2, 0.25) is 0 Å². The molecule has 0 unspecified atom stereocenters. The maximum absolute atomic E-state index is 3.96. The summed E-state index contributed by atoms with van der Waals surface area (Å²) in [4.78, 5) is 0. The number of rotatable bonds is 0. The van der Waals surface area contributed by atoms with Gasteiger partial charge < -0.3 is 0 Å². The van der Waals surface area contributed by atoms with E-state index in [2.05, 4.69) is 53.1 Å². The predicted octanol–water partition coefficient (Wildman–Crippen LogP) is 3.69. The Balaban J connectivity index is 2.87. The average molecular weight is 273 g/mol. The van der Waals surface area contributed by atoms with Crippen LogP contribution in [0.1, 0.15) is 5.56 Å². The van der Waals surface area contributed by atoms with Crippen molar-refractivity contribution in [1.29, 1.82) is 0 Å². The Kier molecular flexibility index (Phi) is 1.89. The Morgan fingerprint density at radius 1 is 1.36 bits per heavy atom. The van der Waals surface area contributed by atoms with E-state index in [-0.39, 0.29) is 0 Å². The molecule has 0 aliphatic rings. The molecule has 2 rings (SSSR count). The Labute approximate surface area is 83.4 Å². The van der Waals surface area contributed by atoms with Crippen molar-refractivity contribution in [2.24, 2.45) is 0 Å². The molecular formula is C9H6IS. The van der Waals surface area contributed by atoms with Crippen LogP contribution in [0.4, 0.5) is 0 Å². The first-order valence-electron chi connectivity index (χ1n) is 3.26. The summed E-state index contributed by atoms with van der Waals surface area (Å²) in [6.07, 6.45) is 0. The van der Waals surface area contributed by atoms with Gasteiger partial charge >= 0.3 is 0 Å². The lowest BCUT2D eigenvalue weighted by Crippen LogP contribution is -1.70. The standard InChI is InChI=1S/C9H6IS/c1-6-5-11-9-3-2-7(10)4-8(6)9/h2-5H,1H2. The topological polar surface area (TPSA) is 0 Å². The fraction of sp³-hybridized carbons (Fsp3) is 0. The highest BCUT2D eigenvalue weighted by Gasteiger charge is 1.98. The number of halogens is 1. The smallest absolute Gasteiger partial charge is 0.0346 e. The molecule has 0 saturated carbocycles. The molecule has 11 heavy (non-hydrogen) atoms. The number of thiophene rings is 1. The second-order valence-corrected chi connectivity index (χ2v) is 4.56. The van der Waals surface area contributed by atoms with E-state index in [0.717, 1.165) is 5.56 Å². The third-order valence-corrected chi connectivity index (χ3v) is 3.30. The zero-order valence-electron chi connectivity index (χ0n) is 5.80. The molecule has 1 radical (unpaired) electrons. The van der Waals surface area contributed by atoms with E-state index >= 15 is 0 Å². The third-order valence-electron chi connectivity index (χ3n) is 1.62. The Morgan fingerprint density at radius 2 is 2.18 bits per heavy atom. The first kappa shape index (κ1) is 7.55. The minimum Gasteiger partial charge on any atom is -0.144 e. The molecule has 0 N–H and O–H groups in total. The molecule has 0 fully saturated rings. The van der Waals surface area contributed by atoms with Crippen LogP contribution in [-0.2, 0) is 0 Å². The fourth-order valence-electron chi connectivity index (χ4n) is 1.05. The fourth-order valence-corrected chi connectivity index (χ4v) is 2.41. The second kappa shape index (κ2) is 2.75. The van der Waals surface area contributed by atoms with Gasteiger partial charge in [-0.2, -0.15) is 0 Å². The van der Waals surface area contributed by atoms with Gasteiger partial charge in [-0.25, -0.2) is 0 Å². The van der Waals surface area contributed by atoms with Crippen molar-refractivity contribution in [3.63, 3.8) is 0 Å². The van der Waals surface area contributed by atoms with Crippen molar-refractivity contribution < 1.29 is 0 Å². The zero-order chi connectivity index (χ0) is 7.84. The van der Waals surface area contributed by atoms with Gasteiger partial charge in [-0.15, -0.1) is 11.3 Å². The van der Waals surface area contributed by atoms with Crippen LogP contribution in [-0.4, -0.2) is 0 Å². The summed E-state index contributed by atoms with van der Waals surface area (Å²) in [5, 5.41) is 3.39. The monoisotopic (exact) mass is 273 g/mol. The highest BCUT2D eigenvalue weighted by Crippen LogP contribution is 2.26. The molecule has 0 amide bonds. The molecule has 0 nitrogen and oxygen atoms in total. The third kappa shape index (κ3) is 1.29. The van der Waals surface area contributed by atoms with Crippen LogP contribution in [0.15, 0.2) is 23.6 Å². The van der Waals surface area contributed by atoms with E-state index in [0.29, 0.717) is 0 Å². The molecule has 55 valence electrons. The zero-order valence-corrected chi connectivity index (χ0v) is 8.78. The highest BCUT2D eigenvalue weighted by molar-refractivity contribution is 14.1. The van der Waals surface area contributed by atoms with Crippen molar-refractivity contribution >= 4 is 44.0 Å². The predicted molar refractivity (Wildman–Crippen MR) is 59.0 cm³/mol. The van der Waals surface area contributed by atoms with Gasteiger partial charge in [0, 0.05) is 8.27 Å². The van der Waals surface area contributed by atoms with E-state index in [1.807, 2.05) is 0 Å². The number of hydrogen-bond donors (Lipinski definition) is 0. The molecule has 1 aromatic heterocycles.